The average Bonchev–Trinajstić information content (AvgIpc) is 2.45. The highest BCUT2D eigenvalue weighted by Crippen LogP contribution is 2.16. The summed E-state index contributed by atoms with van der Waals surface area (Å²) in [5, 5.41) is 3.50. The predicted octanol–water partition coefficient (Wildman–Crippen LogP) is 3.26. The lowest BCUT2D eigenvalue weighted by molar-refractivity contribution is 0.120. The standard InChI is InChI=1S/C18H32N2O/c1-6-21-12-11-20(5)14-17-7-9-18(10-8-17)16(4)13-19-15(2)3/h7-10,15-16,19H,6,11-14H2,1-5H3. The van der Waals surface area contributed by atoms with E-state index in [0.717, 1.165) is 32.8 Å². The molecule has 0 saturated heterocycles. The van der Waals surface area contributed by atoms with Crippen molar-refractivity contribution in [3.8, 4) is 0 Å². The van der Waals surface area contributed by atoms with E-state index in [2.05, 4.69) is 62.3 Å². The lowest BCUT2D eigenvalue weighted by Gasteiger charge is -2.18. The predicted molar refractivity (Wildman–Crippen MR) is 90.8 cm³/mol. The van der Waals surface area contributed by atoms with Crippen molar-refractivity contribution in [2.75, 3.05) is 33.4 Å². The Hall–Kier alpha value is -0.900. The quantitative estimate of drug-likeness (QED) is 0.670. The van der Waals surface area contributed by atoms with Gasteiger partial charge in [-0.3, -0.25) is 4.90 Å². The Morgan fingerprint density at radius 2 is 1.81 bits per heavy atom. The number of likely N-dealkylation sites (N-methyl/N-ethyl adjacent to an activating group) is 1. The molecule has 0 saturated carbocycles. The van der Waals surface area contributed by atoms with Gasteiger partial charge in [0.2, 0.25) is 0 Å². The molecule has 1 atom stereocenters. The van der Waals surface area contributed by atoms with Gasteiger partial charge in [0, 0.05) is 32.3 Å². The number of nitrogens with zero attached hydrogens (tertiary/aromatic N) is 1. The Labute approximate surface area is 130 Å². The van der Waals surface area contributed by atoms with Crippen LogP contribution >= 0.6 is 0 Å². The third kappa shape index (κ3) is 7.60. The summed E-state index contributed by atoms with van der Waals surface area (Å²) >= 11 is 0. The van der Waals surface area contributed by atoms with Crippen molar-refractivity contribution in [1.29, 1.82) is 0 Å². The first-order valence-corrected chi connectivity index (χ1v) is 8.11. The molecule has 3 nitrogen and oxygen atoms in total. The van der Waals surface area contributed by atoms with E-state index in [4.69, 9.17) is 4.74 Å². The van der Waals surface area contributed by atoms with Crippen LogP contribution in [0.4, 0.5) is 0 Å². The van der Waals surface area contributed by atoms with Gasteiger partial charge in [0.15, 0.2) is 0 Å². The van der Waals surface area contributed by atoms with Gasteiger partial charge in [-0.1, -0.05) is 45.0 Å². The fourth-order valence-electron chi connectivity index (χ4n) is 2.24. The molecule has 0 aliphatic rings. The maximum atomic E-state index is 5.39. The molecule has 0 aliphatic carbocycles. The van der Waals surface area contributed by atoms with Crippen LogP contribution in [0.3, 0.4) is 0 Å². The largest absolute Gasteiger partial charge is 0.380 e. The smallest absolute Gasteiger partial charge is 0.0593 e. The highest BCUT2D eigenvalue weighted by Gasteiger charge is 2.07. The Morgan fingerprint density at radius 1 is 1.14 bits per heavy atom. The summed E-state index contributed by atoms with van der Waals surface area (Å²) in [6, 6.07) is 9.57. The molecular formula is C18H32N2O. The summed E-state index contributed by atoms with van der Waals surface area (Å²) in [5.74, 6) is 0.553. The first-order chi connectivity index (χ1) is 10.0. The summed E-state index contributed by atoms with van der Waals surface area (Å²) in [4.78, 5) is 2.30. The van der Waals surface area contributed by atoms with Gasteiger partial charge < -0.3 is 10.1 Å². The van der Waals surface area contributed by atoms with Crippen molar-refractivity contribution >= 4 is 0 Å². The number of ether oxygens (including phenoxy) is 1. The summed E-state index contributed by atoms with van der Waals surface area (Å²) in [6.45, 7) is 13.3. The van der Waals surface area contributed by atoms with E-state index in [9.17, 15) is 0 Å². The van der Waals surface area contributed by atoms with Gasteiger partial charge in [0.1, 0.15) is 0 Å². The first-order valence-electron chi connectivity index (χ1n) is 8.11. The molecule has 0 fully saturated rings. The van der Waals surface area contributed by atoms with Crippen molar-refractivity contribution in [3.05, 3.63) is 35.4 Å². The van der Waals surface area contributed by atoms with Gasteiger partial charge in [0.05, 0.1) is 6.61 Å². The monoisotopic (exact) mass is 292 g/mol. The van der Waals surface area contributed by atoms with Crippen LogP contribution in [0.15, 0.2) is 24.3 Å². The van der Waals surface area contributed by atoms with Crippen LogP contribution in [0.5, 0.6) is 0 Å². The van der Waals surface area contributed by atoms with Gasteiger partial charge >= 0.3 is 0 Å². The van der Waals surface area contributed by atoms with Gasteiger partial charge in [-0.25, -0.2) is 0 Å². The first kappa shape index (κ1) is 18.1. The van der Waals surface area contributed by atoms with Crippen molar-refractivity contribution < 1.29 is 4.74 Å². The van der Waals surface area contributed by atoms with E-state index in [1.54, 1.807) is 0 Å². The van der Waals surface area contributed by atoms with Crippen molar-refractivity contribution in [2.45, 2.75) is 46.2 Å². The van der Waals surface area contributed by atoms with Crippen LogP contribution < -0.4 is 5.32 Å². The molecule has 1 unspecified atom stereocenters. The molecule has 0 amide bonds. The van der Waals surface area contributed by atoms with Crippen LogP contribution in [-0.2, 0) is 11.3 Å². The highest BCUT2D eigenvalue weighted by atomic mass is 16.5. The van der Waals surface area contributed by atoms with Crippen LogP contribution in [0.1, 0.15) is 44.7 Å². The number of hydrogen-bond acceptors (Lipinski definition) is 3. The normalized spacial score (nSPS) is 13.1. The second-order valence-electron chi connectivity index (χ2n) is 6.14. The molecule has 0 aliphatic heterocycles. The summed E-state index contributed by atoms with van der Waals surface area (Å²) in [5.41, 5.74) is 2.77. The van der Waals surface area contributed by atoms with Gasteiger partial charge in [-0.2, -0.15) is 0 Å². The van der Waals surface area contributed by atoms with Crippen molar-refractivity contribution in [3.63, 3.8) is 0 Å². The molecule has 21 heavy (non-hydrogen) atoms. The van der Waals surface area contributed by atoms with E-state index in [1.807, 2.05) is 6.92 Å². The molecule has 1 aromatic rings. The molecule has 0 bridgehead atoms. The molecule has 120 valence electrons. The average molecular weight is 292 g/mol. The zero-order valence-corrected chi connectivity index (χ0v) is 14.4. The molecule has 0 heterocycles. The minimum absolute atomic E-state index is 0.547. The summed E-state index contributed by atoms with van der Waals surface area (Å²) in [6.07, 6.45) is 0. The van der Waals surface area contributed by atoms with Crippen molar-refractivity contribution in [2.24, 2.45) is 0 Å². The molecule has 1 rings (SSSR count). The topological polar surface area (TPSA) is 24.5 Å². The fraction of sp³-hybridized carbons (Fsp3) is 0.667. The Bertz CT molecular complexity index is 375. The lowest BCUT2D eigenvalue weighted by Crippen LogP contribution is -2.27. The Balaban J connectivity index is 2.42. The lowest BCUT2D eigenvalue weighted by atomic mass is 9.99. The second kappa shape index (κ2) is 9.93. The summed E-state index contributed by atoms with van der Waals surface area (Å²) < 4.78 is 5.39. The van der Waals surface area contributed by atoms with Gasteiger partial charge in [0.25, 0.3) is 0 Å². The summed E-state index contributed by atoms with van der Waals surface area (Å²) in [7, 11) is 2.14. The van der Waals surface area contributed by atoms with E-state index >= 15 is 0 Å². The minimum Gasteiger partial charge on any atom is -0.380 e. The third-order valence-corrected chi connectivity index (χ3v) is 3.66. The molecule has 0 radical (unpaired) electrons. The number of hydrogen-bond donors (Lipinski definition) is 1. The maximum Gasteiger partial charge on any atom is 0.0593 e. The highest BCUT2D eigenvalue weighted by molar-refractivity contribution is 5.25. The van der Waals surface area contributed by atoms with E-state index in [0.29, 0.717) is 12.0 Å². The molecule has 1 aromatic carbocycles. The van der Waals surface area contributed by atoms with Gasteiger partial charge in [-0.15, -0.1) is 0 Å². The van der Waals surface area contributed by atoms with E-state index in [-0.39, 0.29) is 0 Å². The number of rotatable bonds is 10. The van der Waals surface area contributed by atoms with Crippen LogP contribution in [0, 0.1) is 0 Å². The zero-order chi connectivity index (χ0) is 15.7. The van der Waals surface area contributed by atoms with Crippen LogP contribution in [0.2, 0.25) is 0 Å². The van der Waals surface area contributed by atoms with E-state index < -0.39 is 0 Å². The maximum absolute atomic E-state index is 5.39. The number of nitrogens with one attached hydrogen (secondary N) is 1. The Morgan fingerprint density at radius 3 is 2.38 bits per heavy atom. The molecule has 0 aromatic heterocycles. The molecular weight excluding hydrogens is 260 g/mol. The van der Waals surface area contributed by atoms with Crippen LogP contribution in [-0.4, -0.2) is 44.3 Å². The van der Waals surface area contributed by atoms with Crippen LogP contribution in [0.25, 0.3) is 0 Å². The SMILES string of the molecule is CCOCCN(C)Cc1ccc(C(C)CNC(C)C)cc1. The molecule has 0 spiro atoms. The van der Waals surface area contributed by atoms with Gasteiger partial charge in [-0.05, 0) is 31.0 Å². The third-order valence-electron chi connectivity index (χ3n) is 3.66. The van der Waals surface area contributed by atoms with Crippen molar-refractivity contribution in [1.82, 2.24) is 10.2 Å². The van der Waals surface area contributed by atoms with E-state index in [1.165, 1.54) is 11.1 Å². The minimum atomic E-state index is 0.547. The second-order valence-corrected chi connectivity index (χ2v) is 6.14. The fourth-order valence-corrected chi connectivity index (χ4v) is 2.24. The zero-order valence-electron chi connectivity index (χ0n) is 14.4. The molecule has 1 N–H and O–H groups in total. The molecule has 3 heteroatoms. The number of benzene rings is 1. The Kier molecular flexibility index (Phi) is 8.58.